The summed E-state index contributed by atoms with van der Waals surface area (Å²) in [6.07, 6.45) is 8.24. The summed E-state index contributed by atoms with van der Waals surface area (Å²) in [5, 5.41) is 5.04. The van der Waals surface area contributed by atoms with Gasteiger partial charge < -0.3 is 9.80 Å². The smallest absolute Gasteiger partial charge is 0.0620 e. The lowest BCUT2D eigenvalue weighted by Gasteiger charge is -2.57. The molecule has 2 heteroatoms. The molecule has 4 fully saturated rings. The van der Waals surface area contributed by atoms with Gasteiger partial charge >= 0.3 is 0 Å². The predicted molar refractivity (Wildman–Crippen MR) is 316 cm³/mol. The fourth-order valence-corrected chi connectivity index (χ4v) is 14.3. The van der Waals surface area contributed by atoms with Crippen molar-refractivity contribution in [3.8, 4) is 0 Å². The van der Waals surface area contributed by atoms with Crippen LogP contribution in [0.1, 0.15) is 145 Å². The van der Waals surface area contributed by atoms with Gasteiger partial charge in [0.25, 0.3) is 0 Å². The van der Waals surface area contributed by atoms with E-state index in [9.17, 15) is 0 Å². The lowest BCUT2D eigenvalue weighted by atomic mass is 9.48. The molecule has 9 aromatic rings. The predicted octanol–water partition coefficient (Wildman–Crippen LogP) is 20.3. The molecule has 0 amide bonds. The van der Waals surface area contributed by atoms with Crippen LogP contribution >= 0.6 is 0 Å². The Morgan fingerprint density at radius 3 is 1.07 bits per heavy atom. The molecule has 0 N–H and O–H groups in total. The van der Waals surface area contributed by atoms with Crippen molar-refractivity contribution in [1.29, 1.82) is 0 Å². The molecule has 4 aliphatic carbocycles. The van der Waals surface area contributed by atoms with Crippen LogP contribution in [0, 0.1) is 17.8 Å². The minimum absolute atomic E-state index is 0.162. The molecule has 74 heavy (non-hydrogen) atoms. The van der Waals surface area contributed by atoms with Gasteiger partial charge in [-0.1, -0.05) is 201 Å². The average Bonchev–Trinajstić information content (AvgIpc) is 3.43. The molecule has 9 aromatic carbocycles. The molecule has 0 saturated heterocycles. The summed E-state index contributed by atoms with van der Waals surface area (Å²) in [6, 6.07) is 76.9. The minimum atomic E-state index is -0.163. The second-order valence-electron chi connectivity index (χ2n) is 24.4. The molecule has 4 saturated carbocycles. The molecule has 13 rings (SSSR count). The molecule has 4 aliphatic rings. The molecule has 0 spiro atoms. The summed E-state index contributed by atoms with van der Waals surface area (Å²) < 4.78 is 0. The molecule has 0 aromatic heterocycles. The van der Waals surface area contributed by atoms with Gasteiger partial charge in [-0.3, -0.25) is 0 Å². The number of benzene rings is 9. The Morgan fingerprint density at radius 2 is 0.689 bits per heavy atom. The van der Waals surface area contributed by atoms with Crippen molar-refractivity contribution in [3.05, 3.63) is 239 Å². The largest absolute Gasteiger partial charge is 0.309 e. The van der Waals surface area contributed by atoms with Crippen LogP contribution in [0.5, 0.6) is 0 Å². The maximum absolute atomic E-state index is 2.70. The number of rotatable bonds is 13. The van der Waals surface area contributed by atoms with Crippen molar-refractivity contribution in [1.82, 2.24) is 0 Å². The lowest BCUT2D eigenvalue weighted by Crippen LogP contribution is -2.48. The van der Waals surface area contributed by atoms with Crippen LogP contribution in [0.3, 0.4) is 0 Å². The maximum atomic E-state index is 2.70. The monoisotopic (exact) mass is 967 g/mol. The molecule has 0 heterocycles. The highest BCUT2D eigenvalue weighted by Crippen LogP contribution is 2.62. The van der Waals surface area contributed by atoms with E-state index in [-0.39, 0.29) is 16.2 Å². The average molecular weight is 967 g/mol. The molecule has 0 atom stereocenters. The minimum Gasteiger partial charge on any atom is -0.309 e. The number of fused-ring (bicyclic) bond motifs is 2. The van der Waals surface area contributed by atoms with Gasteiger partial charge in [0.2, 0.25) is 0 Å². The van der Waals surface area contributed by atoms with Crippen LogP contribution in [-0.4, -0.2) is 0 Å². The fraction of sp³-hybridized carbons (Fsp3) is 0.306. The third-order valence-electron chi connectivity index (χ3n) is 18.4. The summed E-state index contributed by atoms with van der Waals surface area (Å²) in [4.78, 5) is 5.17. The van der Waals surface area contributed by atoms with Gasteiger partial charge in [-0.25, -0.2) is 0 Å². The van der Waals surface area contributed by atoms with Crippen LogP contribution in [0.15, 0.2) is 200 Å². The van der Waals surface area contributed by atoms with Gasteiger partial charge in [-0.2, -0.15) is 0 Å². The van der Waals surface area contributed by atoms with Crippen LogP contribution in [0.2, 0.25) is 0 Å². The Morgan fingerprint density at radius 1 is 0.365 bits per heavy atom. The first-order valence-corrected chi connectivity index (χ1v) is 27.9. The Labute approximate surface area is 442 Å². The summed E-state index contributed by atoms with van der Waals surface area (Å²) >= 11 is 0. The van der Waals surface area contributed by atoms with E-state index in [4.69, 9.17) is 0 Å². The Bertz CT molecular complexity index is 3400. The van der Waals surface area contributed by atoms with E-state index in [1.54, 1.807) is 5.56 Å². The molecule has 372 valence electrons. The molecule has 0 radical (unpaired) electrons. The second kappa shape index (κ2) is 18.8. The molecule has 4 bridgehead atoms. The first-order chi connectivity index (χ1) is 35.8. The van der Waals surface area contributed by atoms with Gasteiger partial charge in [0, 0.05) is 55.1 Å². The number of nitrogens with zero attached hydrogens (tertiary/aromatic N) is 2. The van der Waals surface area contributed by atoms with Crippen molar-refractivity contribution >= 4 is 55.7 Å². The van der Waals surface area contributed by atoms with Crippen LogP contribution in [-0.2, 0) is 16.2 Å². The lowest BCUT2D eigenvalue weighted by molar-refractivity contribution is -0.00512. The van der Waals surface area contributed by atoms with E-state index in [2.05, 4.69) is 265 Å². The zero-order chi connectivity index (χ0) is 50.9. The third kappa shape index (κ3) is 8.43. The van der Waals surface area contributed by atoms with Crippen LogP contribution < -0.4 is 9.80 Å². The van der Waals surface area contributed by atoms with E-state index in [1.165, 1.54) is 111 Å². The molecule has 0 aliphatic heterocycles. The quantitative estimate of drug-likeness (QED) is 0.0839. The number of hydrogen-bond donors (Lipinski definition) is 0. The van der Waals surface area contributed by atoms with E-state index in [0.717, 1.165) is 34.8 Å². The molecule has 2 nitrogen and oxygen atoms in total. The van der Waals surface area contributed by atoms with Gasteiger partial charge in [-0.15, -0.1) is 0 Å². The van der Waals surface area contributed by atoms with E-state index in [0.29, 0.717) is 11.8 Å². The standard InChI is InChI=1S/C72H74N2/c1-48(2)53-23-32-60(33-24-53)73(62-36-27-57(28-37-62)70(5,6)55-17-11-9-12-18-55)68-64-21-15-16-22-65(64)69(67-44-59(31-40-66(67)68)72-45-50-41-51(46-72)43-52(42-50)47-72)74(61-34-25-54(26-35-61)49(3)4)63-38-29-58(30-39-63)71(7,8)56-19-13-10-14-20-56/h9-40,44,48-52H,41-43,45-47H2,1-8H3. The second-order valence-corrected chi connectivity index (χ2v) is 24.4. The normalized spacial score (nSPS) is 19.5. The highest BCUT2D eigenvalue weighted by molar-refractivity contribution is 6.23. The van der Waals surface area contributed by atoms with Crippen molar-refractivity contribution in [2.24, 2.45) is 17.8 Å². The van der Waals surface area contributed by atoms with Gasteiger partial charge in [0.05, 0.1) is 11.4 Å². The van der Waals surface area contributed by atoms with Crippen molar-refractivity contribution < 1.29 is 0 Å². The molecule has 0 unspecified atom stereocenters. The molecular weight excluding hydrogens is 893 g/mol. The maximum Gasteiger partial charge on any atom is 0.0620 e. The summed E-state index contributed by atoms with van der Waals surface area (Å²) in [5.74, 6) is 3.40. The number of hydrogen-bond acceptors (Lipinski definition) is 2. The van der Waals surface area contributed by atoms with Crippen molar-refractivity contribution in [2.75, 3.05) is 9.80 Å². The van der Waals surface area contributed by atoms with E-state index >= 15 is 0 Å². The Kier molecular flexibility index (Phi) is 12.2. The summed E-state index contributed by atoms with van der Waals surface area (Å²) in [7, 11) is 0. The van der Waals surface area contributed by atoms with Crippen molar-refractivity contribution in [3.63, 3.8) is 0 Å². The highest BCUT2D eigenvalue weighted by atomic mass is 15.2. The zero-order valence-electron chi connectivity index (χ0n) is 45.1. The SMILES string of the molecule is CC(C)c1ccc(N(c2ccc(C(C)(C)c3ccccc3)cc2)c2c3ccccc3c(N(c3ccc(C(C)C)cc3)c3ccc(C(C)(C)c4ccccc4)cc3)c3cc(C45CC6CC(CC(C6)C4)C5)ccc23)cc1. The molecular formula is C72H74N2. The van der Waals surface area contributed by atoms with E-state index in [1.807, 2.05) is 0 Å². The van der Waals surface area contributed by atoms with Crippen LogP contribution in [0.25, 0.3) is 21.5 Å². The number of anilines is 6. The van der Waals surface area contributed by atoms with Crippen LogP contribution in [0.4, 0.5) is 34.1 Å². The summed E-state index contributed by atoms with van der Waals surface area (Å²) in [5.41, 5.74) is 16.5. The Balaban J connectivity index is 1.13. The fourth-order valence-electron chi connectivity index (χ4n) is 14.3. The van der Waals surface area contributed by atoms with Crippen molar-refractivity contribution in [2.45, 2.75) is 122 Å². The third-order valence-corrected chi connectivity index (χ3v) is 18.4. The topological polar surface area (TPSA) is 6.48 Å². The first-order valence-electron chi connectivity index (χ1n) is 27.9. The van der Waals surface area contributed by atoms with Gasteiger partial charge in [0.1, 0.15) is 0 Å². The van der Waals surface area contributed by atoms with Gasteiger partial charge in [-0.05, 0) is 167 Å². The zero-order valence-corrected chi connectivity index (χ0v) is 45.1. The van der Waals surface area contributed by atoms with E-state index < -0.39 is 0 Å². The Hall–Kier alpha value is -6.90. The summed E-state index contributed by atoms with van der Waals surface area (Å²) in [6.45, 7) is 18.6. The first kappa shape index (κ1) is 48.1. The highest BCUT2D eigenvalue weighted by Gasteiger charge is 2.51. The van der Waals surface area contributed by atoms with Gasteiger partial charge in [0.15, 0.2) is 0 Å².